The lowest BCUT2D eigenvalue weighted by atomic mass is 10.1. The number of aryl methyl sites for hydroxylation is 2. The number of hydrogen-bond donors (Lipinski definition) is 0. The average molecular weight is 313 g/mol. The van der Waals surface area contributed by atoms with Crippen molar-refractivity contribution in [2.24, 2.45) is 7.05 Å². The summed E-state index contributed by atoms with van der Waals surface area (Å²) in [6.07, 6.45) is 2.29. The quantitative estimate of drug-likeness (QED) is 0.380. The highest BCUT2D eigenvalue weighted by Gasteiger charge is 2.16. The lowest BCUT2D eigenvalue weighted by Gasteiger charge is -2.01. The molecule has 2 heterocycles. The number of hydrogen-bond acceptors (Lipinski definition) is 1. The lowest BCUT2D eigenvalue weighted by molar-refractivity contribution is 0.670. The van der Waals surface area contributed by atoms with Crippen molar-refractivity contribution in [2.45, 2.75) is 19.8 Å². The summed E-state index contributed by atoms with van der Waals surface area (Å²) in [7, 11) is 2.15. The van der Waals surface area contributed by atoms with Gasteiger partial charge in [0.15, 0.2) is 5.58 Å². The molecule has 0 radical (unpaired) electrons. The molecule has 24 heavy (non-hydrogen) atoms. The Bertz CT molecular complexity index is 1220. The van der Waals surface area contributed by atoms with E-state index < -0.39 is 0 Å². The van der Waals surface area contributed by atoms with Crippen LogP contribution in [0.3, 0.4) is 0 Å². The van der Waals surface area contributed by atoms with Gasteiger partial charge in [0.25, 0.3) is 0 Å². The molecule has 0 N–H and O–H groups in total. The Morgan fingerprint density at radius 1 is 0.875 bits per heavy atom. The fraction of sp³-hybridized carbons (Fsp3) is 0.182. The standard InChI is InChI=1S/C22H19NO/c1-3-6-14-9-10-15-17-11-12-18-16-7-4-5-8-20(16)24-22(18)21(17)23(2)19(15)13-14/h4-5,7-13H,3,6H2,1-2H3. The first-order valence-electron chi connectivity index (χ1n) is 8.59. The second-order valence-corrected chi connectivity index (χ2v) is 6.60. The molecule has 0 aliphatic rings. The molecule has 0 aliphatic carbocycles. The van der Waals surface area contributed by atoms with Gasteiger partial charge in [0.2, 0.25) is 0 Å². The zero-order valence-electron chi connectivity index (χ0n) is 14.0. The van der Waals surface area contributed by atoms with Gasteiger partial charge in [-0.1, -0.05) is 49.7 Å². The van der Waals surface area contributed by atoms with E-state index in [-0.39, 0.29) is 0 Å². The summed E-state index contributed by atoms with van der Waals surface area (Å²) < 4.78 is 8.52. The predicted octanol–water partition coefficient (Wildman–Crippen LogP) is 6.18. The highest BCUT2D eigenvalue weighted by Crippen LogP contribution is 2.38. The third-order valence-corrected chi connectivity index (χ3v) is 5.11. The molecule has 0 fully saturated rings. The Morgan fingerprint density at radius 2 is 1.67 bits per heavy atom. The van der Waals surface area contributed by atoms with Gasteiger partial charge in [0.05, 0.1) is 5.52 Å². The molecule has 0 unspecified atom stereocenters. The highest BCUT2D eigenvalue weighted by atomic mass is 16.3. The number of nitrogens with zero attached hydrogens (tertiary/aromatic N) is 1. The average Bonchev–Trinajstić information content (AvgIpc) is 3.11. The van der Waals surface area contributed by atoms with Gasteiger partial charge in [-0.3, -0.25) is 0 Å². The van der Waals surface area contributed by atoms with E-state index in [4.69, 9.17) is 4.42 Å². The van der Waals surface area contributed by atoms with E-state index in [1.165, 1.54) is 44.6 Å². The van der Waals surface area contributed by atoms with E-state index in [0.717, 1.165) is 17.6 Å². The van der Waals surface area contributed by atoms with Crippen LogP contribution in [0.1, 0.15) is 18.9 Å². The second-order valence-electron chi connectivity index (χ2n) is 6.60. The monoisotopic (exact) mass is 313 g/mol. The van der Waals surface area contributed by atoms with Gasteiger partial charge in [0, 0.05) is 34.1 Å². The second kappa shape index (κ2) is 4.88. The van der Waals surface area contributed by atoms with Crippen LogP contribution in [0.15, 0.2) is 59.0 Å². The summed E-state index contributed by atoms with van der Waals surface area (Å²) in [5, 5.41) is 4.95. The molecule has 0 saturated carbocycles. The maximum absolute atomic E-state index is 6.23. The molecule has 0 aliphatic heterocycles. The van der Waals surface area contributed by atoms with Gasteiger partial charge in [-0.2, -0.15) is 0 Å². The molecule has 0 bridgehead atoms. The zero-order valence-corrected chi connectivity index (χ0v) is 14.0. The molecular weight excluding hydrogens is 294 g/mol. The Balaban J connectivity index is 1.96. The van der Waals surface area contributed by atoms with Crippen molar-refractivity contribution in [1.29, 1.82) is 0 Å². The lowest BCUT2D eigenvalue weighted by Crippen LogP contribution is -1.89. The van der Waals surface area contributed by atoms with E-state index in [0.29, 0.717) is 0 Å². The minimum absolute atomic E-state index is 0.955. The fourth-order valence-corrected chi connectivity index (χ4v) is 3.97. The number of furan rings is 1. The fourth-order valence-electron chi connectivity index (χ4n) is 3.97. The van der Waals surface area contributed by atoms with Gasteiger partial charge in [-0.25, -0.2) is 0 Å². The van der Waals surface area contributed by atoms with Crippen molar-refractivity contribution in [3.63, 3.8) is 0 Å². The van der Waals surface area contributed by atoms with Crippen LogP contribution in [0, 0.1) is 0 Å². The Labute approximate surface area is 140 Å². The Morgan fingerprint density at radius 3 is 2.54 bits per heavy atom. The van der Waals surface area contributed by atoms with Gasteiger partial charge >= 0.3 is 0 Å². The van der Waals surface area contributed by atoms with E-state index in [1.807, 2.05) is 12.1 Å². The van der Waals surface area contributed by atoms with Crippen molar-refractivity contribution < 1.29 is 4.42 Å². The highest BCUT2D eigenvalue weighted by molar-refractivity contribution is 6.20. The molecule has 118 valence electrons. The summed E-state index contributed by atoms with van der Waals surface area (Å²) in [6, 6.07) is 19.6. The normalized spacial score (nSPS) is 12.1. The van der Waals surface area contributed by atoms with Crippen molar-refractivity contribution in [1.82, 2.24) is 4.57 Å². The molecule has 3 aromatic carbocycles. The molecule has 0 atom stereocenters. The van der Waals surface area contributed by atoms with E-state index in [2.05, 4.69) is 61.0 Å². The maximum atomic E-state index is 6.23. The van der Waals surface area contributed by atoms with Crippen LogP contribution in [0.2, 0.25) is 0 Å². The van der Waals surface area contributed by atoms with Crippen LogP contribution < -0.4 is 0 Å². The summed E-state index contributed by atoms with van der Waals surface area (Å²) in [4.78, 5) is 0. The third kappa shape index (κ3) is 1.71. The van der Waals surface area contributed by atoms with Gasteiger partial charge < -0.3 is 8.98 Å². The third-order valence-electron chi connectivity index (χ3n) is 5.11. The van der Waals surface area contributed by atoms with Gasteiger partial charge in [-0.05, 0) is 30.2 Å². The summed E-state index contributed by atoms with van der Waals surface area (Å²) in [5.74, 6) is 0. The number of benzene rings is 3. The van der Waals surface area contributed by atoms with Gasteiger partial charge in [0.1, 0.15) is 5.58 Å². The summed E-state index contributed by atoms with van der Waals surface area (Å²) in [6.45, 7) is 2.23. The molecule has 2 nitrogen and oxygen atoms in total. The van der Waals surface area contributed by atoms with Crippen molar-refractivity contribution in [3.05, 3.63) is 60.2 Å². The molecular formula is C22H19NO. The summed E-state index contributed by atoms with van der Waals surface area (Å²) >= 11 is 0. The summed E-state index contributed by atoms with van der Waals surface area (Å²) in [5.41, 5.74) is 5.81. The Hall–Kier alpha value is -2.74. The zero-order chi connectivity index (χ0) is 16.3. The van der Waals surface area contributed by atoms with E-state index in [1.54, 1.807) is 0 Å². The van der Waals surface area contributed by atoms with Crippen molar-refractivity contribution in [3.8, 4) is 0 Å². The van der Waals surface area contributed by atoms with Crippen LogP contribution in [0.4, 0.5) is 0 Å². The first-order valence-corrected chi connectivity index (χ1v) is 8.59. The van der Waals surface area contributed by atoms with Crippen LogP contribution >= 0.6 is 0 Å². The van der Waals surface area contributed by atoms with E-state index in [9.17, 15) is 0 Å². The predicted molar refractivity (Wildman–Crippen MR) is 102 cm³/mol. The Kier molecular flexibility index (Phi) is 2.78. The molecule has 0 amide bonds. The van der Waals surface area contributed by atoms with E-state index >= 15 is 0 Å². The maximum Gasteiger partial charge on any atom is 0.159 e. The molecule has 5 aromatic rings. The number of fused-ring (bicyclic) bond motifs is 7. The first kappa shape index (κ1) is 13.7. The largest absolute Gasteiger partial charge is 0.454 e. The smallest absolute Gasteiger partial charge is 0.159 e. The molecule has 5 rings (SSSR count). The molecule has 0 saturated heterocycles. The van der Waals surface area contributed by atoms with Gasteiger partial charge in [-0.15, -0.1) is 0 Å². The molecule has 2 heteroatoms. The minimum Gasteiger partial charge on any atom is -0.454 e. The van der Waals surface area contributed by atoms with Crippen LogP contribution in [0.5, 0.6) is 0 Å². The van der Waals surface area contributed by atoms with Crippen LogP contribution in [-0.2, 0) is 13.5 Å². The van der Waals surface area contributed by atoms with Crippen LogP contribution in [-0.4, -0.2) is 4.57 Å². The van der Waals surface area contributed by atoms with Crippen molar-refractivity contribution in [2.75, 3.05) is 0 Å². The molecule has 2 aromatic heterocycles. The number of rotatable bonds is 2. The van der Waals surface area contributed by atoms with Crippen molar-refractivity contribution >= 4 is 43.7 Å². The minimum atomic E-state index is 0.955. The number of para-hydroxylation sites is 1. The van der Waals surface area contributed by atoms with Crippen LogP contribution in [0.25, 0.3) is 43.7 Å². The first-order chi connectivity index (χ1) is 11.8. The SMILES string of the molecule is CCCc1ccc2c3ccc4c5ccccc5oc4c3n(C)c2c1. The number of aromatic nitrogens is 1. The topological polar surface area (TPSA) is 18.1 Å². The molecule has 0 spiro atoms.